The van der Waals surface area contributed by atoms with Crippen LogP contribution in [0.2, 0.25) is 10.0 Å². The molecule has 2 heterocycles. The standard InChI is InChI=1S/C24H25Cl2FN4O3S.C2HF3O2/c1-14-20-11-21(24(32)29-35(33,34)19-2-3-19)22(27)12-23(20)31(28-14)18-4-6-30(7-5-18)13-15-8-16(25)10-17(26)9-15;3-2(4,5)1(6)7/h8-12,18-19H,2-7,13H2,1H3,(H,29,32);(H,6,7). The molecule has 3 aromatic rings. The van der Waals surface area contributed by atoms with Gasteiger partial charge in [0.25, 0.3) is 5.91 Å². The molecule has 228 valence electrons. The van der Waals surface area contributed by atoms with Crippen molar-refractivity contribution >= 4 is 56.0 Å². The van der Waals surface area contributed by atoms with Crippen LogP contribution in [0.1, 0.15) is 53.3 Å². The summed E-state index contributed by atoms with van der Waals surface area (Å²) in [5.74, 6) is -4.47. The number of aromatic nitrogens is 2. The summed E-state index contributed by atoms with van der Waals surface area (Å²) >= 11 is 12.2. The second-order valence-corrected chi connectivity index (χ2v) is 13.0. The predicted molar refractivity (Wildman–Crippen MR) is 148 cm³/mol. The van der Waals surface area contributed by atoms with Crippen LogP contribution in [0, 0.1) is 12.7 Å². The van der Waals surface area contributed by atoms with Crippen LogP contribution in [0.25, 0.3) is 10.9 Å². The number of benzene rings is 2. The van der Waals surface area contributed by atoms with Crippen molar-refractivity contribution in [1.82, 2.24) is 19.4 Å². The van der Waals surface area contributed by atoms with Gasteiger partial charge in [-0.15, -0.1) is 0 Å². The lowest BCUT2D eigenvalue weighted by atomic mass is 10.0. The molecule has 9 nitrogen and oxygen atoms in total. The van der Waals surface area contributed by atoms with Crippen molar-refractivity contribution in [2.75, 3.05) is 13.1 Å². The number of carbonyl (C=O) groups excluding carboxylic acids is 1. The molecule has 1 aliphatic carbocycles. The van der Waals surface area contributed by atoms with Gasteiger partial charge in [-0.05, 0) is 62.4 Å². The number of piperidine rings is 1. The van der Waals surface area contributed by atoms with Crippen molar-refractivity contribution in [3.63, 3.8) is 0 Å². The van der Waals surface area contributed by atoms with Gasteiger partial charge in [0.1, 0.15) is 5.82 Å². The Labute approximate surface area is 248 Å². The number of carbonyl (C=O) groups is 2. The number of carboxylic acids is 1. The maximum absolute atomic E-state index is 15.0. The van der Waals surface area contributed by atoms with E-state index in [1.54, 1.807) is 13.0 Å². The van der Waals surface area contributed by atoms with Crippen molar-refractivity contribution in [2.45, 2.75) is 56.6 Å². The number of amides is 1. The third kappa shape index (κ3) is 7.71. The summed E-state index contributed by atoms with van der Waals surface area (Å²) in [5, 5.41) is 13.1. The highest BCUT2D eigenvalue weighted by Gasteiger charge is 2.38. The van der Waals surface area contributed by atoms with Gasteiger partial charge in [0.05, 0.1) is 28.1 Å². The molecule has 0 bridgehead atoms. The summed E-state index contributed by atoms with van der Waals surface area (Å²) in [6.07, 6.45) is -2.40. The maximum Gasteiger partial charge on any atom is 0.490 e. The number of halogens is 6. The predicted octanol–water partition coefficient (Wildman–Crippen LogP) is 5.48. The molecule has 0 atom stereocenters. The Morgan fingerprint density at radius 3 is 2.14 bits per heavy atom. The van der Waals surface area contributed by atoms with Crippen LogP contribution in [-0.4, -0.2) is 64.6 Å². The monoisotopic (exact) mass is 652 g/mol. The van der Waals surface area contributed by atoms with Crippen molar-refractivity contribution < 1.29 is 40.7 Å². The normalized spacial score (nSPS) is 16.6. The minimum absolute atomic E-state index is 0.0831. The first kappa shape index (κ1) is 32.0. The van der Waals surface area contributed by atoms with E-state index in [-0.39, 0.29) is 11.6 Å². The van der Waals surface area contributed by atoms with Crippen molar-refractivity contribution in [3.8, 4) is 0 Å². The number of alkyl halides is 3. The first-order chi connectivity index (χ1) is 19.5. The molecule has 16 heteroatoms. The molecule has 1 aliphatic heterocycles. The number of nitrogens with one attached hydrogen (secondary N) is 1. The fourth-order valence-corrected chi connectivity index (χ4v) is 6.56. The summed E-state index contributed by atoms with van der Waals surface area (Å²) in [4.78, 5) is 23.7. The van der Waals surface area contributed by atoms with E-state index in [1.807, 2.05) is 21.5 Å². The van der Waals surface area contributed by atoms with Crippen LogP contribution in [-0.2, 0) is 21.4 Å². The van der Waals surface area contributed by atoms with E-state index < -0.39 is 39.1 Å². The molecule has 2 fully saturated rings. The van der Waals surface area contributed by atoms with Crippen molar-refractivity contribution in [1.29, 1.82) is 0 Å². The van der Waals surface area contributed by atoms with Gasteiger partial charge in [0.15, 0.2) is 0 Å². The summed E-state index contributed by atoms with van der Waals surface area (Å²) in [7, 11) is -3.77. The van der Waals surface area contributed by atoms with Gasteiger partial charge < -0.3 is 5.11 Å². The average Bonchev–Trinajstić information content (AvgIpc) is 3.69. The Kier molecular flexibility index (Phi) is 9.40. The number of nitrogens with zero attached hydrogens (tertiary/aromatic N) is 3. The molecule has 2 aromatic carbocycles. The van der Waals surface area contributed by atoms with Crippen LogP contribution in [0.3, 0.4) is 0 Å². The lowest BCUT2D eigenvalue weighted by Crippen LogP contribution is -2.34. The zero-order chi connectivity index (χ0) is 31.0. The van der Waals surface area contributed by atoms with Gasteiger partial charge >= 0.3 is 12.1 Å². The highest BCUT2D eigenvalue weighted by Crippen LogP contribution is 2.32. The average molecular weight is 653 g/mol. The number of rotatable bonds is 6. The lowest BCUT2D eigenvalue weighted by molar-refractivity contribution is -0.192. The van der Waals surface area contributed by atoms with Gasteiger partial charge in [0.2, 0.25) is 10.0 Å². The molecule has 1 aromatic heterocycles. The quantitative estimate of drug-likeness (QED) is 0.338. The summed E-state index contributed by atoms with van der Waals surface area (Å²) < 4.78 is 74.8. The molecular formula is C26H26Cl2F4N4O5S. The number of aryl methyl sites for hydroxylation is 1. The lowest BCUT2D eigenvalue weighted by Gasteiger charge is -2.32. The van der Waals surface area contributed by atoms with Crippen molar-refractivity contribution in [3.05, 3.63) is 63.0 Å². The summed E-state index contributed by atoms with van der Waals surface area (Å²) in [6.45, 7) is 4.20. The SMILES string of the molecule is Cc1nn(C2CCN(Cc3cc(Cl)cc(Cl)c3)CC2)c2cc(F)c(C(=O)NS(=O)(=O)C3CC3)cc12.O=C(O)C(F)(F)F. The van der Waals surface area contributed by atoms with E-state index in [1.165, 1.54) is 12.1 Å². The molecule has 0 radical (unpaired) electrons. The zero-order valence-corrected chi connectivity index (χ0v) is 24.4. The molecule has 1 saturated carbocycles. The summed E-state index contributed by atoms with van der Waals surface area (Å²) in [5.41, 5.74) is 2.02. The first-order valence-corrected chi connectivity index (χ1v) is 15.1. The molecule has 5 rings (SSSR count). The molecule has 1 amide bonds. The number of hydrogen-bond donors (Lipinski definition) is 2. The summed E-state index contributed by atoms with van der Waals surface area (Å²) in [6, 6.07) is 8.31. The Balaban J connectivity index is 0.000000517. The first-order valence-electron chi connectivity index (χ1n) is 12.8. The van der Waals surface area contributed by atoms with Gasteiger partial charge in [-0.2, -0.15) is 18.3 Å². The van der Waals surface area contributed by atoms with Crippen molar-refractivity contribution in [2.24, 2.45) is 0 Å². The van der Waals surface area contributed by atoms with Gasteiger partial charge in [-0.3, -0.25) is 14.4 Å². The molecule has 2 aliphatic rings. The largest absolute Gasteiger partial charge is 0.490 e. The molecule has 42 heavy (non-hydrogen) atoms. The fraction of sp³-hybridized carbons (Fsp3) is 0.423. The molecular weight excluding hydrogens is 627 g/mol. The number of aliphatic carboxylic acids is 1. The van der Waals surface area contributed by atoms with Gasteiger partial charge in [0, 0.05) is 41.1 Å². The molecule has 0 unspecified atom stereocenters. The fourth-order valence-electron chi connectivity index (χ4n) is 4.69. The molecule has 1 saturated heterocycles. The third-order valence-electron chi connectivity index (χ3n) is 6.90. The van der Waals surface area contributed by atoms with E-state index in [2.05, 4.69) is 10.00 Å². The van der Waals surface area contributed by atoms with Crippen LogP contribution in [0.4, 0.5) is 17.6 Å². The smallest absolute Gasteiger partial charge is 0.475 e. The number of carboxylic acid groups (broad SMARTS) is 1. The molecule has 0 spiro atoms. The van der Waals surface area contributed by atoms with Crippen LogP contribution >= 0.6 is 23.2 Å². The zero-order valence-electron chi connectivity index (χ0n) is 22.1. The minimum Gasteiger partial charge on any atom is -0.475 e. The number of likely N-dealkylation sites (tertiary alicyclic amines) is 1. The maximum atomic E-state index is 15.0. The molecule has 2 N–H and O–H groups in total. The van der Waals surface area contributed by atoms with Crippen LogP contribution < -0.4 is 4.72 Å². The second-order valence-electron chi connectivity index (χ2n) is 10.1. The second kappa shape index (κ2) is 12.3. The topological polar surface area (TPSA) is 122 Å². The number of sulfonamides is 1. The minimum atomic E-state index is -5.08. The van der Waals surface area contributed by atoms with Crippen LogP contribution in [0.5, 0.6) is 0 Å². The Morgan fingerprint density at radius 1 is 1.05 bits per heavy atom. The van der Waals surface area contributed by atoms with E-state index in [0.29, 0.717) is 39.5 Å². The Hall–Kier alpha value is -2.94. The van der Waals surface area contributed by atoms with E-state index >= 15 is 0 Å². The van der Waals surface area contributed by atoms with Gasteiger partial charge in [-0.25, -0.2) is 22.3 Å². The third-order valence-corrected chi connectivity index (χ3v) is 9.15. The van der Waals surface area contributed by atoms with Crippen LogP contribution in [0.15, 0.2) is 30.3 Å². The van der Waals surface area contributed by atoms with Gasteiger partial charge in [-0.1, -0.05) is 23.2 Å². The highest BCUT2D eigenvalue weighted by atomic mass is 35.5. The van der Waals surface area contributed by atoms with E-state index in [9.17, 15) is 30.8 Å². The Bertz CT molecular complexity index is 1600. The van der Waals surface area contributed by atoms with E-state index in [4.69, 9.17) is 33.1 Å². The number of hydrogen-bond acceptors (Lipinski definition) is 6. The Morgan fingerprint density at radius 2 is 1.62 bits per heavy atom. The van der Waals surface area contributed by atoms with E-state index in [0.717, 1.165) is 38.0 Å². The highest BCUT2D eigenvalue weighted by molar-refractivity contribution is 7.91. The number of fused-ring (bicyclic) bond motifs is 1.